The minimum Gasteiger partial charge on any atom is -0.298 e. The SMILES string of the molecule is CCCC(C)Cn1cnc(Cl)c(I)c1=O. The Kier molecular flexibility index (Phi) is 5.05. The van der Waals surface area contributed by atoms with E-state index in [0.717, 1.165) is 12.8 Å². The predicted octanol–water partition coefficient (Wildman–Crippen LogP) is 2.94. The standard InChI is InChI=1S/C10H14ClIN2O/c1-3-4-7(2)5-14-6-13-9(11)8(12)10(14)15/h6-7H,3-5H2,1-2H3. The van der Waals surface area contributed by atoms with E-state index >= 15 is 0 Å². The van der Waals surface area contributed by atoms with E-state index in [1.54, 1.807) is 4.57 Å². The van der Waals surface area contributed by atoms with Gasteiger partial charge in [-0.2, -0.15) is 0 Å². The number of halogens is 2. The molecule has 0 N–H and O–H groups in total. The first-order chi connectivity index (χ1) is 7.06. The van der Waals surface area contributed by atoms with Crippen molar-refractivity contribution in [1.82, 2.24) is 9.55 Å². The van der Waals surface area contributed by atoms with Crippen LogP contribution in [-0.4, -0.2) is 9.55 Å². The molecule has 1 atom stereocenters. The Morgan fingerprint density at radius 1 is 1.67 bits per heavy atom. The maximum Gasteiger partial charge on any atom is 0.268 e. The molecule has 0 aliphatic rings. The highest BCUT2D eigenvalue weighted by Gasteiger charge is 2.09. The predicted molar refractivity (Wildman–Crippen MR) is 70.3 cm³/mol. The maximum atomic E-state index is 11.8. The van der Waals surface area contributed by atoms with Crippen LogP contribution in [0.25, 0.3) is 0 Å². The Bertz CT molecular complexity index is 391. The Labute approximate surface area is 108 Å². The lowest BCUT2D eigenvalue weighted by Gasteiger charge is -2.12. The average Bonchev–Trinajstić information content (AvgIpc) is 2.20. The average molecular weight is 341 g/mol. The van der Waals surface area contributed by atoms with Crippen molar-refractivity contribution in [2.75, 3.05) is 0 Å². The molecule has 1 aromatic heterocycles. The lowest BCUT2D eigenvalue weighted by atomic mass is 10.1. The molecule has 0 aliphatic heterocycles. The molecule has 5 heteroatoms. The summed E-state index contributed by atoms with van der Waals surface area (Å²) in [6, 6.07) is 0. The fourth-order valence-corrected chi connectivity index (χ4v) is 2.07. The summed E-state index contributed by atoms with van der Waals surface area (Å²) in [5, 5.41) is 0.292. The zero-order valence-electron chi connectivity index (χ0n) is 8.83. The lowest BCUT2D eigenvalue weighted by molar-refractivity contribution is 0.434. The molecule has 1 unspecified atom stereocenters. The highest BCUT2D eigenvalue weighted by Crippen LogP contribution is 2.11. The Morgan fingerprint density at radius 3 is 2.93 bits per heavy atom. The molecule has 1 rings (SSSR count). The Hall–Kier alpha value is -0.100. The topological polar surface area (TPSA) is 34.9 Å². The van der Waals surface area contributed by atoms with E-state index in [4.69, 9.17) is 11.6 Å². The molecule has 15 heavy (non-hydrogen) atoms. The van der Waals surface area contributed by atoms with Crippen LogP contribution in [0.15, 0.2) is 11.1 Å². The van der Waals surface area contributed by atoms with Crippen molar-refractivity contribution in [2.24, 2.45) is 5.92 Å². The van der Waals surface area contributed by atoms with Gasteiger partial charge in [-0.1, -0.05) is 31.9 Å². The zero-order chi connectivity index (χ0) is 11.4. The van der Waals surface area contributed by atoms with E-state index in [9.17, 15) is 4.79 Å². The van der Waals surface area contributed by atoms with Crippen molar-refractivity contribution in [2.45, 2.75) is 33.2 Å². The largest absolute Gasteiger partial charge is 0.298 e. The quantitative estimate of drug-likeness (QED) is 0.624. The fraction of sp³-hybridized carbons (Fsp3) is 0.600. The van der Waals surface area contributed by atoms with Crippen LogP contribution >= 0.6 is 34.2 Å². The van der Waals surface area contributed by atoms with Gasteiger partial charge in [-0.05, 0) is 34.9 Å². The molecule has 0 radical (unpaired) electrons. The fourth-order valence-electron chi connectivity index (χ4n) is 1.49. The number of rotatable bonds is 4. The van der Waals surface area contributed by atoms with Gasteiger partial charge < -0.3 is 0 Å². The number of nitrogens with zero attached hydrogens (tertiary/aromatic N) is 2. The van der Waals surface area contributed by atoms with Crippen molar-refractivity contribution >= 4 is 34.2 Å². The molecule has 3 nitrogen and oxygen atoms in total. The molecule has 0 aromatic carbocycles. The maximum absolute atomic E-state index is 11.8. The van der Waals surface area contributed by atoms with Crippen molar-refractivity contribution in [1.29, 1.82) is 0 Å². The van der Waals surface area contributed by atoms with E-state index in [0.29, 0.717) is 21.2 Å². The monoisotopic (exact) mass is 340 g/mol. The van der Waals surface area contributed by atoms with Gasteiger partial charge in [-0.3, -0.25) is 9.36 Å². The van der Waals surface area contributed by atoms with E-state index in [-0.39, 0.29) is 5.56 Å². The smallest absolute Gasteiger partial charge is 0.268 e. The Morgan fingerprint density at radius 2 is 2.33 bits per heavy atom. The van der Waals surface area contributed by atoms with Gasteiger partial charge >= 0.3 is 0 Å². The second-order valence-electron chi connectivity index (χ2n) is 3.70. The van der Waals surface area contributed by atoms with Crippen LogP contribution in [0.4, 0.5) is 0 Å². The van der Waals surface area contributed by atoms with Gasteiger partial charge in [0.05, 0.1) is 6.33 Å². The van der Waals surface area contributed by atoms with Crippen LogP contribution in [-0.2, 0) is 6.54 Å². The van der Waals surface area contributed by atoms with Gasteiger partial charge in [-0.15, -0.1) is 0 Å². The summed E-state index contributed by atoms with van der Waals surface area (Å²) in [4.78, 5) is 15.7. The van der Waals surface area contributed by atoms with Gasteiger partial charge in [0, 0.05) is 6.54 Å². The number of hydrogen-bond acceptors (Lipinski definition) is 2. The summed E-state index contributed by atoms with van der Waals surface area (Å²) < 4.78 is 2.13. The number of hydrogen-bond donors (Lipinski definition) is 0. The molecule has 1 heterocycles. The highest BCUT2D eigenvalue weighted by molar-refractivity contribution is 14.1. The van der Waals surface area contributed by atoms with E-state index in [2.05, 4.69) is 18.8 Å². The van der Waals surface area contributed by atoms with Gasteiger partial charge in [0.1, 0.15) is 8.72 Å². The minimum absolute atomic E-state index is 0.0430. The normalized spacial score (nSPS) is 12.8. The first-order valence-electron chi connectivity index (χ1n) is 4.96. The van der Waals surface area contributed by atoms with Gasteiger partial charge in [0.15, 0.2) is 0 Å². The first kappa shape index (κ1) is 13.0. The van der Waals surface area contributed by atoms with Crippen LogP contribution in [0, 0.1) is 9.49 Å². The van der Waals surface area contributed by atoms with Crippen molar-refractivity contribution < 1.29 is 0 Å². The molecule has 1 aromatic rings. The molecule has 0 saturated carbocycles. The second kappa shape index (κ2) is 5.84. The summed E-state index contributed by atoms with van der Waals surface area (Å²) in [7, 11) is 0. The molecule has 0 aliphatic carbocycles. The second-order valence-corrected chi connectivity index (χ2v) is 5.14. The molecule has 84 valence electrons. The van der Waals surface area contributed by atoms with E-state index in [1.807, 2.05) is 22.6 Å². The third-order valence-electron chi connectivity index (χ3n) is 2.23. The van der Waals surface area contributed by atoms with Gasteiger partial charge in [-0.25, -0.2) is 4.98 Å². The third kappa shape index (κ3) is 3.45. The summed E-state index contributed by atoms with van der Waals surface area (Å²) in [5.41, 5.74) is -0.0430. The van der Waals surface area contributed by atoms with Gasteiger partial charge in [0.25, 0.3) is 5.56 Å². The van der Waals surface area contributed by atoms with Crippen molar-refractivity contribution in [3.63, 3.8) is 0 Å². The molecular formula is C10H14ClIN2O. The summed E-state index contributed by atoms with van der Waals surface area (Å²) in [6.45, 7) is 4.99. The third-order valence-corrected chi connectivity index (χ3v) is 3.81. The lowest BCUT2D eigenvalue weighted by Crippen LogP contribution is -2.25. The zero-order valence-corrected chi connectivity index (χ0v) is 11.7. The summed E-state index contributed by atoms with van der Waals surface area (Å²) in [6.07, 6.45) is 3.78. The summed E-state index contributed by atoms with van der Waals surface area (Å²) in [5.74, 6) is 0.492. The van der Waals surface area contributed by atoms with Crippen molar-refractivity contribution in [3.05, 3.63) is 25.4 Å². The van der Waals surface area contributed by atoms with Crippen LogP contribution in [0.1, 0.15) is 26.7 Å². The van der Waals surface area contributed by atoms with E-state index < -0.39 is 0 Å². The molecule has 0 amide bonds. The van der Waals surface area contributed by atoms with Gasteiger partial charge in [0.2, 0.25) is 0 Å². The molecule has 0 fully saturated rings. The Balaban J connectivity index is 2.87. The van der Waals surface area contributed by atoms with Crippen LogP contribution < -0.4 is 5.56 Å². The van der Waals surface area contributed by atoms with Crippen molar-refractivity contribution in [3.8, 4) is 0 Å². The molecule has 0 bridgehead atoms. The first-order valence-corrected chi connectivity index (χ1v) is 6.42. The highest BCUT2D eigenvalue weighted by atomic mass is 127. The summed E-state index contributed by atoms with van der Waals surface area (Å²) >= 11 is 7.69. The molecular weight excluding hydrogens is 326 g/mol. The van der Waals surface area contributed by atoms with Crippen LogP contribution in [0.2, 0.25) is 5.15 Å². The van der Waals surface area contributed by atoms with Crippen LogP contribution in [0.5, 0.6) is 0 Å². The number of aromatic nitrogens is 2. The molecule has 0 spiro atoms. The minimum atomic E-state index is -0.0430. The van der Waals surface area contributed by atoms with Crippen LogP contribution in [0.3, 0.4) is 0 Å². The van der Waals surface area contributed by atoms with E-state index in [1.165, 1.54) is 6.33 Å². The molecule has 0 saturated heterocycles.